The van der Waals surface area contributed by atoms with E-state index in [1.54, 1.807) is 30.2 Å². The summed E-state index contributed by atoms with van der Waals surface area (Å²) in [7, 11) is 1.61. The Balaban J connectivity index is 1.31. The van der Waals surface area contributed by atoms with Crippen LogP contribution >= 0.6 is 0 Å². The van der Waals surface area contributed by atoms with Crippen molar-refractivity contribution in [3.63, 3.8) is 0 Å². The van der Waals surface area contributed by atoms with E-state index >= 15 is 0 Å². The molecule has 3 heterocycles. The predicted molar refractivity (Wildman–Crippen MR) is 142 cm³/mol. The largest absolute Gasteiger partial charge is 0.481 e. The zero-order valence-corrected chi connectivity index (χ0v) is 21.4. The fraction of sp³-hybridized carbons (Fsp3) is 0.333. The number of benzene rings is 2. The fourth-order valence-corrected chi connectivity index (χ4v) is 5.33. The third-order valence-corrected chi connectivity index (χ3v) is 7.37. The van der Waals surface area contributed by atoms with Gasteiger partial charge in [-0.1, -0.05) is 38.1 Å². The third-order valence-electron chi connectivity index (χ3n) is 7.37. The molecule has 0 N–H and O–H groups in total. The molecular weight excluding hydrogens is 464 g/mol. The van der Waals surface area contributed by atoms with E-state index in [1.807, 2.05) is 29.3 Å². The van der Waals surface area contributed by atoms with Crippen molar-refractivity contribution in [1.29, 1.82) is 5.26 Å². The average molecular weight is 495 g/mol. The highest BCUT2D eigenvalue weighted by molar-refractivity contribution is 6.05. The molecule has 1 aromatic heterocycles. The van der Waals surface area contributed by atoms with Crippen molar-refractivity contribution in [3.05, 3.63) is 83.0 Å². The van der Waals surface area contributed by atoms with E-state index in [-0.39, 0.29) is 23.7 Å². The maximum atomic E-state index is 13.7. The maximum Gasteiger partial charge on any atom is 0.232 e. The van der Waals surface area contributed by atoms with Gasteiger partial charge in [0.05, 0.1) is 24.7 Å². The lowest BCUT2D eigenvalue weighted by Crippen LogP contribution is -2.39. The van der Waals surface area contributed by atoms with E-state index < -0.39 is 5.92 Å². The van der Waals surface area contributed by atoms with Gasteiger partial charge in [-0.05, 0) is 53.8 Å². The SMILES string of the molecule is COc1ccc(CCc2ccc3c(c2)C(C)(C)CN3C(=O)C2CC(=O)N(c3cccc(C#N)c3)C2)cn1. The van der Waals surface area contributed by atoms with E-state index in [0.29, 0.717) is 30.2 Å². The second kappa shape index (κ2) is 9.70. The van der Waals surface area contributed by atoms with E-state index in [2.05, 4.69) is 43.1 Å². The average Bonchev–Trinajstić information content (AvgIpc) is 3.44. The number of rotatable bonds is 6. The first-order valence-electron chi connectivity index (χ1n) is 12.5. The number of pyridine rings is 1. The van der Waals surface area contributed by atoms with Crippen LogP contribution in [0, 0.1) is 17.2 Å². The van der Waals surface area contributed by atoms with E-state index in [0.717, 1.165) is 29.7 Å². The quantitative estimate of drug-likeness (QED) is 0.506. The number of ether oxygens (including phenoxy) is 1. The topological polar surface area (TPSA) is 86.5 Å². The molecule has 7 nitrogen and oxygen atoms in total. The highest BCUT2D eigenvalue weighted by Crippen LogP contribution is 2.42. The number of anilines is 2. The van der Waals surface area contributed by atoms with Gasteiger partial charge in [-0.15, -0.1) is 0 Å². The Hall–Kier alpha value is -4.18. The van der Waals surface area contributed by atoms with Crippen molar-refractivity contribution in [2.45, 2.75) is 38.5 Å². The molecule has 2 aromatic carbocycles. The summed E-state index contributed by atoms with van der Waals surface area (Å²) in [5, 5.41) is 9.21. The predicted octanol–water partition coefficient (Wildman–Crippen LogP) is 4.42. The number of hydrogen-bond donors (Lipinski definition) is 0. The van der Waals surface area contributed by atoms with Crippen LogP contribution in [-0.2, 0) is 27.8 Å². The normalized spacial score (nSPS) is 18.0. The molecule has 0 spiro atoms. The zero-order valence-electron chi connectivity index (χ0n) is 21.4. The number of methoxy groups -OCH3 is 1. The smallest absolute Gasteiger partial charge is 0.232 e. The first-order valence-corrected chi connectivity index (χ1v) is 12.5. The molecule has 5 rings (SSSR count). The fourth-order valence-electron chi connectivity index (χ4n) is 5.33. The Kier molecular flexibility index (Phi) is 6.43. The summed E-state index contributed by atoms with van der Waals surface area (Å²) in [6.45, 7) is 5.24. The minimum absolute atomic E-state index is 0.0174. The lowest BCUT2D eigenvalue weighted by molar-refractivity contribution is -0.124. The summed E-state index contributed by atoms with van der Waals surface area (Å²) in [6.07, 6.45) is 3.76. The highest BCUT2D eigenvalue weighted by Gasteiger charge is 2.43. The summed E-state index contributed by atoms with van der Waals surface area (Å²) in [5.74, 6) is 0.0875. The van der Waals surface area contributed by atoms with Crippen molar-refractivity contribution in [2.75, 3.05) is 30.0 Å². The van der Waals surface area contributed by atoms with Crippen LogP contribution in [0.5, 0.6) is 5.88 Å². The van der Waals surface area contributed by atoms with Gasteiger partial charge in [-0.3, -0.25) is 9.59 Å². The monoisotopic (exact) mass is 494 g/mol. The molecule has 1 atom stereocenters. The number of nitriles is 1. The molecule has 1 fully saturated rings. The minimum Gasteiger partial charge on any atom is -0.481 e. The lowest BCUT2D eigenvalue weighted by Gasteiger charge is -2.23. The molecule has 0 aliphatic carbocycles. The van der Waals surface area contributed by atoms with Crippen LogP contribution in [0.2, 0.25) is 0 Å². The maximum absolute atomic E-state index is 13.7. The Morgan fingerprint density at radius 3 is 2.65 bits per heavy atom. The Bertz CT molecular complexity index is 1390. The number of nitrogens with zero attached hydrogens (tertiary/aromatic N) is 4. The molecule has 0 bridgehead atoms. The van der Waals surface area contributed by atoms with Crippen molar-refractivity contribution in [2.24, 2.45) is 5.92 Å². The van der Waals surface area contributed by atoms with Crippen molar-refractivity contribution < 1.29 is 14.3 Å². The van der Waals surface area contributed by atoms with Gasteiger partial charge in [-0.25, -0.2) is 4.98 Å². The van der Waals surface area contributed by atoms with Crippen LogP contribution in [-0.4, -0.2) is 37.0 Å². The summed E-state index contributed by atoms with van der Waals surface area (Å²) < 4.78 is 5.14. The molecule has 188 valence electrons. The van der Waals surface area contributed by atoms with Gasteiger partial charge in [0.1, 0.15) is 0 Å². The van der Waals surface area contributed by atoms with Crippen LogP contribution in [0.1, 0.15) is 42.5 Å². The van der Waals surface area contributed by atoms with Crippen molar-refractivity contribution >= 4 is 23.2 Å². The number of fused-ring (bicyclic) bond motifs is 1. The summed E-state index contributed by atoms with van der Waals surface area (Å²) in [6, 6.07) is 19.4. The lowest BCUT2D eigenvalue weighted by atomic mass is 9.85. The van der Waals surface area contributed by atoms with Crippen LogP contribution in [0.3, 0.4) is 0 Å². The Morgan fingerprint density at radius 1 is 1.14 bits per heavy atom. The molecule has 1 unspecified atom stereocenters. The second-order valence-corrected chi connectivity index (χ2v) is 10.4. The molecule has 2 aliphatic heterocycles. The summed E-state index contributed by atoms with van der Waals surface area (Å²) in [5.41, 5.74) is 5.43. The molecule has 3 aromatic rings. The van der Waals surface area contributed by atoms with Crippen LogP contribution in [0.25, 0.3) is 0 Å². The van der Waals surface area contributed by atoms with Gasteiger partial charge in [-0.2, -0.15) is 5.26 Å². The first kappa shape index (κ1) is 24.5. The summed E-state index contributed by atoms with van der Waals surface area (Å²) in [4.78, 5) is 34.3. The molecule has 2 aliphatic rings. The molecule has 2 amide bonds. The van der Waals surface area contributed by atoms with Gasteiger partial charge < -0.3 is 14.5 Å². The number of hydrogen-bond acceptors (Lipinski definition) is 5. The Labute approximate surface area is 217 Å². The molecule has 0 saturated carbocycles. The number of amides is 2. The summed E-state index contributed by atoms with van der Waals surface area (Å²) >= 11 is 0. The standard InChI is InChI=1S/C30H30N4O3/c1-30(2)19-34(29(36)23-15-28(35)33(18-23)24-6-4-5-22(13-24)16-31)26-11-9-20(14-25(26)30)7-8-21-10-12-27(37-3)32-17-21/h4-6,9-14,17,23H,7-8,15,18-19H2,1-3H3. The van der Waals surface area contributed by atoms with Gasteiger partial charge in [0.15, 0.2) is 0 Å². The number of carbonyl (C=O) groups excluding carboxylic acids is 2. The van der Waals surface area contributed by atoms with E-state index in [1.165, 1.54) is 5.56 Å². The van der Waals surface area contributed by atoms with E-state index in [9.17, 15) is 14.9 Å². The minimum atomic E-state index is -0.415. The second-order valence-electron chi connectivity index (χ2n) is 10.4. The third kappa shape index (κ3) is 4.79. The van der Waals surface area contributed by atoms with Gasteiger partial charge >= 0.3 is 0 Å². The van der Waals surface area contributed by atoms with Gasteiger partial charge in [0.25, 0.3) is 0 Å². The Morgan fingerprint density at radius 2 is 1.92 bits per heavy atom. The first-order chi connectivity index (χ1) is 17.8. The van der Waals surface area contributed by atoms with Crippen molar-refractivity contribution in [3.8, 4) is 11.9 Å². The van der Waals surface area contributed by atoms with Gasteiger partial charge in [0.2, 0.25) is 17.7 Å². The highest BCUT2D eigenvalue weighted by atomic mass is 16.5. The molecule has 7 heteroatoms. The van der Waals surface area contributed by atoms with Crippen molar-refractivity contribution in [1.82, 2.24) is 4.98 Å². The molecular formula is C30H30N4O3. The number of carbonyl (C=O) groups is 2. The van der Waals surface area contributed by atoms with Crippen LogP contribution in [0.15, 0.2) is 60.8 Å². The van der Waals surface area contributed by atoms with Gasteiger partial charge in [0, 0.05) is 48.6 Å². The molecule has 37 heavy (non-hydrogen) atoms. The number of aromatic nitrogens is 1. The molecule has 1 saturated heterocycles. The zero-order chi connectivity index (χ0) is 26.2. The van der Waals surface area contributed by atoms with E-state index in [4.69, 9.17) is 4.74 Å². The van der Waals surface area contributed by atoms with Crippen LogP contribution in [0.4, 0.5) is 11.4 Å². The number of aryl methyl sites for hydroxylation is 2. The molecule has 0 radical (unpaired) electrons. The van der Waals surface area contributed by atoms with Crippen LogP contribution < -0.4 is 14.5 Å².